The lowest BCUT2D eigenvalue weighted by atomic mass is 9.66. The van der Waals surface area contributed by atoms with Crippen molar-refractivity contribution in [2.75, 3.05) is 26.8 Å². The van der Waals surface area contributed by atoms with Crippen molar-refractivity contribution in [3.8, 4) is 5.75 Å². The van der Waals surface area contributed by atoms with Crippen LogP contribution in [0.1, 0.15) is 30.0 Å². The minimum Gasteiger partial charge on any atom is -0.497 e. The molecule has 1 aromatic heterocycles. The van der Waals surface area contributed by atoms with Crippen LogP contribution >= 0.6 is 0 Å². The van der Waals surface area contributed by atoms with E-state index in [9.17, 15) is 5.11 Å². The third kappa shape index (κ3) is 1.87. The molecule has 5 unspecified atom stereocenters. The largest absolute Gasteiger partial charge is 0.497 e. The van der Waals surface area contributed by atoms with Gasteiger partial charge in [-0.1, -0.05) is 0 Å². The summed E-state index contributed by atoms with van der Waals surface area (Å²) in [6, 6.07) is 7.00. The number of aliphatic hydroxyl groups is 1. The van der Waals surface area contributed by atoms with Gasteiger partial charge in [-0.05, 0) is 54.9 Å². The second-order valence-electron chi connectivity index (χ2n) is 7.93. The molecule has 3 fully saturated rings. The van der Waals surface area contributed by atoms with Gasteiger partial charge in [0.05, 0.1) is 7.11 Å². The maximum atomic E-state index is 9.94. The first-order valence-corrected chi connectivity index (χ1v) is 9.21. The van der Waals surface area contributed by atoms with Crippen molar-refractivity contribution in [2.45, 2.75) is 31.2 Å². The predicted octanol–water partition coefficient (Wildman–Crippen LogP) is 2.53. The van der Waals surface area contributed by atoms with Gasteiger partial charge in [0.25, 0.3) is 0 Å². The quantitative estimate of drug-likeness (QED) is 0.921. The van der Waals surface area contributed by atoms with Crippen molar-refractivity contribution < 1.29 is 9.84 Å². The molecule has 0 spiro atoms. The van der Waals surface area contributed by atoms with Crippen LogP contribution in [0.15, 0.2) is 18.2 Å². The Morgan fingerprint density at radius 2 is 2.17 bits per heavy atom. The topological polar surface area (TPSA) is 37.6 Å². The van der Waals surface area contributed by atoms with Gasteiger partial charge in [0, 0.05) is 55.3 Å². The Bertz CT molecular complexity index is 797. The molecule has 2 aromatic rings. The Kier molecular flexibility index (Phi) is 3.23. The molecule has 3 aliphatic heterocycles. The maximum Gasteiger partial charge on any atom is 0.119 e. The number of rotatable bonds is 2. The molecule has 0 radical (unpaired) electrons. The number of fused-ring (bicyclic) bond motifs is 4. The highest BCUT2D eigenvalue weighted by Crippen LogP contribution is 2.50. The summed E-state index contributed by atoms with van der Waals surface area (Å²) in [6.07, 6.45) is 3.60. The first kappa shape index (κ1) is 14.8. The lowest BCUT2D eigenvalue weighted by molar-refractivity contribution is -0.0325. The highest BCUT2D eigenvalue weighted by molar-refractivity contribution is 5.87. The van der Waals surface area contributed by atoms with Gasteiger partial charge < -0.3 is 14.4 Å². The van der Waals surface area contributed by atoms with Crippen LogP contribution < -0.4 is 4.74 Å². The van der Waals surface area contributed by atoms with E-state index in [1.807, 2.05) is 0 Å². The lowest BCUT2D eigenvalue weighted by Crippen LogP contribution is -2.57. The molecule has 0 amide bonds. The van der Waals surface area contributed by atoms with Crippen molar-refractivity contribution >= 4 is 10.9 Å². The smallest absolute Gasteiger partial charge is 0.119 e. The minimum absolute atomic E-state index is 0.335. The molecule has 4 bridgehead atoms. The van der Waals surface area contributed by atoms with Gasteiger partial charge in [0.2, 0.25) is 0 Å². The SMILES string of the molecule is COc1ccc2c(c1)c1c(n2C)C2CC3CC(CO)C2N(CC1)C3. The van der Waals surface area contributed by atoms with Gasteiger partial charge >= 0.3 is 0 Å². The number of hydrogen-bond acceptors (Lipinski definition) is 3. The van der Waals surface area contributed by atoms with Crippen LogP contribution in [0.3, 0.4) is 0 Å². The predicted molar refractivity (Wildman–Crippen MR) is 94.6 cm³/mol. The number of hydrogen-bond donors (Lipinski definition) is 1. The Labute approximate surface area is 143 Å². The molecule has 1 N–H and O–H groups in total. The molecule has 4 heteroatoms. The van der Waals surface area contributed by atoms with Gasteiger partial charge in [0.15, 0.2) is 0 Å². The molecule has 4 aliphatic rings. The number of ether oxygens (including phenoxy) is 1. The highest BCUT2D eigenvalue weighted by Gasteiger charge is 2.49. The lowest BCUT2D eigenvalue weighted by Gasteiger charge is -2.53. The van der Waals surface area contributed by atoms with E-state index < -0.39 is 0 Å². The molecular weight excluding hydrogens is 300 g/mol. The molecule has 128 valence electrons. The van der Waals surface area contributed by atoms with E-state index in [4.69, 9.17) is 4.74 Å². The third-order valence-corrected chi connectivity index (χ3v) is 6.83. The molecule has 4 heterocycles. The Balaban J connectivity index is 1.71. The maximum absolute atomic E-state index is 9.94. The highest BCUT2D eigenvalue weighted by atomic mass is 16.5. The van der Waals surface area contributed by atoms with E-state index in [0.717, 1.165) is 24.6 Å². The van der Waals surface area contributed by atoms with E-state index in [2.05, 4.69) is 34.7 Å². The average Bonchev–Trinajstić information content (AvgIpc) is 2.83. The summed E-state index contributed by atoms with van der Waals surface area (Å²) in [4.78, 5) is 2.68. The summed E-state index contributed by atoms with van der Waals surface area (Å²) >= 11 is 0. The second-order valence-corrected chi connectivity index (χ2v) is 7.93. The monoisotopic (exact) mass is 326 g/mol. The number of benzene rings is 1. The van der Waals surface area contributed by atoms with Crippen molar-refractivity contribution in [3.05, 3.63) is 29.5 Å². The van der Waals surface area contributed by atoms with Gasteiger partial charge in [-0.3, -0.25) is 4.90 Å². The average molecular weight is 326 g/mol. The number of aromatic nitrogens is 1. The fourth-order valence-electron chi connectivity index (χ4n) is 5.98. The summed E-state index contributed by atoms with van der Waals surface area (Å²) in [5.74, 6) is 2.70. The molecule has 1 aromatic carbocycles. The third-order valence-electron chi connectivity index (χ3n) is 6.83. The Morgan fingerprint density at radius 1 is 1.29 bits per heavy atom. The zero-order chi connectivity index (χ0) is 16.4. The van der Waals surface area contributed by atoms with Crippen LogP contribution in [0, 0.1) is 11.8 Å². The molecule has 6 rings (SSSR count). The molecule has 4 nitrogen and oxygen atoms in total. The summed E-state index contributed by atoms with van der Waals surface area (Å²) in [6.45, 7) is 2.69. The van der Waals surface area contributed by atoms with Crippen molar-refractivity contribution in [3.63, 3.8) is 0 Å². The Morgan fingerprint density at radius 3 is 2.96 bits per heavy atom. The van der Waals surface area contributed by atoms with Crippen molar-refractivity contribution in [1.29, 1.82) is 0 Å². The van der Waals surface area contributed by atoms with Crippen LogP contribution in [-0.4, -0.2) is 47.4 Å². The van der Waals surface area contributed by atoms with Crippen LogP contribution in [0.25, 0.3) is 10.9 Å². The number of piperidine rings is 2. The standard InChI is InChI=1S/C20H26N2O2/c1-21-18-4-3-14(24-2)9-16(18)15-5-6-22-10-12-7-13(11-23)19(22)17(8-12)20(15)21/h3-4,9,12-13,17,19,23H,5-8,10-11H2,1-2H3. The van der Waals surface area contributed by atoms with E-state index >= 15 is 0 Å². The minimum atomic E-state index is 0.335. The van der Waals surface area contributed by atoms with Crippen molar-refractivity contribution in [1.82, 2.24) is 9.47 Å². The summed E-state index contributed by atoms with van der Waals surface area (Å²) in [7, 11) is 3.96. The first-order chi connectivity index (χ1) is 11.7. The molecule has 1 saturated carbocycles. The molecule has 24 heavy (non-hydrogen) atoms. The van der Waals surface area contributed by atoms with E-state index in [0.29, 0.717) is 24.5 Å². The fourth-order valence-corrected chi connectivity index (χ4v) is 5.98. The van der Waals surface area contributed by atoms with Crippen LogP contribution in [0.4, 0.5) is 0 Å². The zero-order valence-electron chi connectivity index (χ0n) is 14.5. The van der Waals surface area contributed by atoms with Crippen molar-refractivity contribution in [2.24, 2.45) is 18.9 Å². The van der Waals surface area contributed by atoms with E-state index in [1.54, 1.807) is 7.11 Å². The Hall–Kier alpha value is -1.52. The normalized spacial score (nSPS) is 34.2. The van der Waals surface area contributed by atoms with Crippen LogP contribution in [-0.2, 0) is 13.5 Å². The summed E-state index contributed by atoms with van der Waals surface area (Å²) in [5.41, 5.74) is 4.35. The van der Waals surface area contributed by atoms with Crippen LogP contribution in [0.2, 0.25) is 0 Å². The number of aliphatic hydroxyl groups excluding tert-OH is 1. The molecule has 2 saturated heterocycles. The fraction of sp³-hybridized carbons (Fsp3) is 0.600. The van der Waals surface area contributed by atoms with Gasteiger partial charge in [-0.25, -0.2) is 0 Å². The number of aryl methyl sites for hydroxylation is 1. The first-order valence-electron chi connectivity index (χ1n) is 9.21. The summed E-state index contributed by atoms with van der Waals surface area (Å²) in [5, 5.41) is 11.3. The molecular formula is C20H26N2O2. The van der Waals surface area contributed by atoms with Gasteiger partial charge in [-0.2, -0.15) is 0 Å². The number of methoxy groups -OCH3 is 1. The van der Waals surface area contributed by atoms with Crippen LogP contribution in [0.5, 0.6) is 5.75 Å². The van der Waals surface area contributed by atoms with Gasteiger partial charge in [0.1, 0.15) is 5.75 Å². The van der Waals surface area contributed by atoms with E-state index in [1.165, 1.54) is 41.5 Å². The summed E-state index contributed by atoms with van der Waals surface area (Å²) < 4.78 is 7.90. The molecule has 5 atom stereocenters. The molecule has 1 aliphatic carbocycles. The zero-order valence-corrected chi connectivity index (χ0v) is 14.5. The van der Waals surface area contributed by atoms with Gasteiger partial charge in [-0.15, -0.1) is 0 Å². The second kappa shape index (κ2) is 5.24. The number of nitrogens with zero attached hydrogens (tertiary/aromatic N) is 2. The van der Waals surface area contributed by atoms with E-state index in [-0.39, 0.29) is 0 Å².